The highest BCUT2D eigenvalue weighted by atomic mass is 16.3. The zero-order chi connectivity index (χ0) is 10.8. The Morgan fingerprint density at radius 1 is 1.40 bits per heavy atom. The molecular formula is C9H7N4O2-. The van der Waals surface area contributed by atoms with Crippen LogP contribution in [0, 0.1) is 5.41 Å². The summed E-state index contributed by atoms with van der Waals surface area (Å²) in [7, 11) is 0. The Morgan fingerprint density at radius 3 is 2.60 bits per heavy atom. The summed E-state index contributed by atoms with van der Waals surface area (Å²) in [6, 6.07) is 8.70. The molecule has 1 heterocycles. The van der Waals surface area contributed by atoms with Gasteiger partial charge in [0.15, 0.2) is 5.69 Å². The molecule has 0 radical (unpaired) electrons. The summed E-state index contributed by atoms with van der Waals surface area (Å²) < 4.78 is 1.11. The first-order valence-electron chi connectivity index (χ1n) is 4.19. The summed E-state index contributed by atoms with van der Waals surface area (Å²) in [5, 5.41) is 23.3. The van der Waals surface area contributed by atoms with Crippen LogP contribution in [0.5, 0.6) is 0 Å². The molecule has 6 heteroatoms. The fourth-order valence-electron chi connectivity index (χ4n) is 1.20. The number of hydrogen-bond acceptors (Lipinski definition) is 4. The molecule has 2 N–H and O–H groups in total. The van der Waals surface area contributed by atoms with Gasteiger partial charge in [0.1, 0.15) is 0 Å². The molecule has 76 valence electrons. The van der Waals surface area contributed by atoms with Crippen molar-refractivity contribution >= 4 is 5.90 Å². The largest absolute Gasteiger partial charge is 0.857 e. The number of hydrogen-bond donors (Lipinski definition) is 2. The maximum atomic E-state index is 11.5. The van der Waals surface area contributed by atoms with Crippen molar-refractivity contribution in [1.29, 1.82) is 5.41 Å². The number of nitrogens with zero attached hydrogens (tertiary/aromatic N) is 2. The zero-order valence-electron chi connectivity index (χ0n) is 7.60. The number of H-pyrrole nitrogens is 1. The maximum absolute atomic E-state index is 11.5. The molecule has 1 aromatic heterocycles. The van der Waals surface area contributed by atoms with Crippen LogP contribution in [0.2, 0.25) is 0 Å². The van der Waals surface area contributed by atoms with Crippen LogP contribution in [0.15, 0.2) is 35.1 Å². The van der Waals surface area contributed by atoms with Crippen molar-refractivity contribution in [3.8, 4) is 5.69 Å². The van der Waals surface area contributed by atoms with E-state index in [9.17, 15) is 9.90 Å². The third-order valence-corrected chi connectivity index (χ3v) is 1.90. The highest BCUT2D eigenvalue weighted by Crippen LogP contribution is 2.01. The third kappa shape index (κ3) is 1.52. The van der Waals surface area contributed by atoms with E-state index in [0.29, 0.717) is 5.69 Å². The van der Waals surface area contributed by atoms with Crippen LogP contribution in [-0.4, -0.2) is 20.9 Å². The molecule has 0 aliphatic rings. The minimum Gasteiger partial charge on any atom is -0.857 e. The Kier molecular flexibility index (Phi) is 2.09. The molecule has 1 aromatic carbocycles. The van der Waals surface area contributed by atoms with Crippen LogP contribution in [-0.2, 0) is 0 Å². The fraction of sp³-hybridized carbons (Fsp3) is 0. The molecule has 0 aliphatic carbocycles. The molecule has 0 spiro atoms. The summed E-state index contributed by atoms with van der Waals surface area (Å²) in [6.45, 7) is 0. The average Bonchev–Trinajstić information content (AvgIpc) is 2.61. The second-order valence-electron chi connectivity index (χ2n) is 2.87. The highest BCUT2D eigenvalue weighted by Gasteiger charge is 2.07. The maximum Gasteiger partial charge on any atom is 0.299 e. The lowest BCUT2D eigenvalue weighted by Gasteiger charge is -1.99. The Bertz CT molecular complexity index is 541. The second-order valence-corrected chi connectivity index (χ2v) is 2.87. The van der Waals surface area contributed by atoms with Crippen molar-refractivity contribution in [2.24, 2.45) is 0 Å². The quantitative estimate of drug-likeness (QED) is 0.496. The van der Waals surface area contributed by atoms with E-state index in [1.807, 2.05) is 6.07 Å². The smallest absolute Gasteiger partial charge is 0.299 e. The zero-order valence-corrected chi connectivity index (χ0v) is 7.60. The lowest BCUT2D eigenvalue weighted by atomic mass is 10.3. The normalized spacial score (nSPS) is 10.1. The predicted octanol–water partition coefficient (Wildman–Crippen LogP) is -0.754. The van der Waals surface area contributed by atoms with Crippen molar-refractivity contribution in [3.63, 3.8) is 0 Å². The molecule has 6 nitrogen and oxygen atoms in total. The first-order chi connectivity index (χ1) is 7.20. The summed E-state index contributed by atoms with van der Waals surface area (Å²) in [6.07, 6.45) is 0. The molecule has 0 aliphatic heterocycles. The summed E-state index contributed by atoms with van der Waals surface area (Å²) in [5.74, 6) is -1.09. The first kappa shape index (κ1) is 9.20. The van der Waals surface area contributed by atoms with Gasteiger partial charge in [0.05, 0.1) is 5.69 Å². The van der Waals surface area contributed by atoms with Crippen molar-refractivity contribution in [2.75, 3.05) is 0 Å². The van der Waals surface area contributed by atoms with Gasteiger partial charge in [0.2, 0.25) is 0 Å². The van der Waals surface area contributed by atoms with Crippen LogP contribution in [0.4, 0.5) is 0 Å². The molecule has 0 bridgehead atoms. The molecule has 2 rings (SSSR count). The van der Waals surface area contributed by atoms with Gasteiger partial charge in [-0.05, 0) is 12.1 Å². The molecule has 0 fully saturated rings. The minimum atomic E-state index is -1.09. The number of aromatic amines is 1. The Balaban J connectivity index is 2.57. The number of nitrogens with one attached hydrogen (secondary N) is 2. The second kappa shape index (κ2) is 3.41. The number of rotatable bonds is 2. The van der Waals surface area contributed by atoms with E-state index >= 15 is 0 Å². The van der Waals surface area contributed by atoms with Gasteiger partial charge in [-0.25, -0.2) is 9.90 Å². The topological polar surface area (TPSA) is 97.6 Å². The third-order valence-electron chi connectivity index (χ3n) is 1.90. The van der Waals surface area contributed by atoms with Crippen molar-refractivity contribution in [2.45, 2.75) is 0 Å². The van der Waals surface area contributed by atoms with Crippen LogP contribution >= 0.6 is 0 Å². The highest BCUT2D eigenvalue weighted by molar-refractivity contribution is 5.85. The average molecular weight is 203 g/mol. The molecule has 15 heavy (non-hydrogen) atoms. The molecule has 0 atom stereocenters. The Hall–Kier alpha value is -2.37. The van der Waals surface area contributed by atoms with Crippen LogP contribution < -0.4 is 10.7 Å². The number of benzene rings is 1. The SMILES string of the molecule is N=C([O-])c1n[nH]n(-c2ccccc2)c1=O. The lowest BCUT2D eigenvalue weighted by Crippen LogP contribution is -2.27. The van der Waals surface area contributed by atoms with Gasteiger partial charge in [-0.3, -0.25) is 4.79 Å². The van der Waals surface area contributed by atoms with Crippen LogP contribution in [0.25, 0.3) is 5.69 Å². The van der Waals surface area contributed by atoms with E-state index < -0.39 is 17.2 Å². The van der Waals surface area contributed by atoms with Crippen molar-refractivity contribution in [3.05, 3.63) is 46.4 Å². The van der Waals surface area contributed by atoms with Gasteiger partial charge >= 0.3 is 0 Å². The monoisotopic (exact) mass is 203 g/mol. The van der Waals surface area contributed by atoms with E-state index in [1.54, 1.807) is 24.3 Å². The summed E-state index contributed by atoms with van der Waals surface area (Å²) in [5.41, 5.74) is -0.442. The van der Waals surface area contributed by atoms with E-state index in [-0.39, 0.29) is 0 Å². The van der Waals surface area contributed by atoms with E-state index in [0.717, 1.165) is 4.68 Å². The van der Waals surface area contributed by atoms with Gasteiger partial charge in [-0.15, -0.1) is 0 Å². The lowest BCUT2D eigenvalue weighted by molar-refractivity contribution is -0.215. The number of aromatic nitrogens is 3. The van der Waals surface area contributed by atoms with Crippen molar-refractivity contribution in [1.82, 2.24) is 15.0 Å². The molecule has 0 saturated heterocycles. The van der Waals surface area contributed by atoms with Crippen molar-refractivity contribution < 1.29 is 5.11 Å². The van der Waals surface area contributed by atoms with E-state index in [2.05, 4.69) is 10.3 Å². The Labute approximate surface area is 84.3 Å². The molecule has 2 aromatic rings. The van der Waals surface area contributed by atoms with Gasteiger partial charge in [-0.2, -0.15) is 5.10 Å². The minimum absolute atomic E-state index is 0.404. The molecule has 0 amide bonds. The fourth-order valence-corrected chi connectivity index (χ4v) is 1.20. The van der Waals surface area contributed by atoms with E-state index in [1.165, 1.54) is 0 Å². The molecule has 0 saturated carbocycles. The van der Waals surface area contributed by atoms with Crippen LogP contribution in [0.3, 0.4) is 0 Å². The summed E-state index contributed by atoms with van der Waals surface area (Å²) >= 11 is 0. The standard InChI is InChI=1S/C9H8N4O2/c10-8(14)7-9(15)13(12-11-7)6-4-2-1-3-5-6/h1-5,12H,(H2,10,14)/p-1. The molecular weight excluding hydrogens is 196 g/mol. The first-order valence-corrected chi connectivity index (χ1v) is 4.19. The van der Waals surface area contributed by atoms with Gasteiger partial charge in [-0.1, -0.05) is 18.2 Å². The Morgan fingerprint density at radius 2 is 2.07 bits per heavy atom. The predicted molar refractivity (Wildman–Crippen MR) is 51.0 cm³/mol. The van der Waals surface area contributed by atoms with Gasteiger partial charge < -0.3 is 10.5 Å². The van der Waals surface area contributed by atoms with Gasteiger partial charge in [0.25, 0.3) is 5.56 Å². The van der Waals surface area contributed by atoms with E-state index in [4.69, 9.17) is 5.41 Å². The number of para-hydroxylation sites is 1. The van der Waals surface area contributed by atoms with Gasteiger partial charge in [0, 0.05) is 5.90 Å². The molecule has 0 unspecified atom stereocenters. The van der Waals surface area contributed by atoms with Crippen LogP contribution in [0.1, 0.15) is 5.69 Å². The summed E-state index contributed by atoms with van der Waals surface area (Å²) in [4.78, 5) is 11.5.